The number of aromatic nitrogens is 6. The molecule has 4 heterocycles. The van der Waals surface area contributed by atoms with E-state index in [-0.39, 0.29) is 5.91 Å². The summed E-state index contributed by atoms with van der Waals surface area (Å²) in [7, 11) is 0. The standard InChI is InChI=1S/C24H21N9O.C2H6/c34-24(32-15-13-31(14-16-32)19-9-11-25-12-10-19)17-5-7-18(8-6-17)26-22-23-28-29-30-33(23)21-4-2-1-3-20(21)27-22;1-2/h1-12H,13-16H2,(H,26,27);1-2H3. The van der Waals surface area contributed by atoms with Gasteiger partial charge < -0.3 is 15.1 Å². The maximum Gasteiger partial charge on any atom is 0.253 e. The fraction of sp³-hybridized carbons (Fsp3) is 0.231. The van der Waals surface area contributed by atoms with Crippen molar-refractivity contribution in [1.29, 1.82) is 0 Å². The molecule has 10 nitrogen and oxygen atoms in total. The highest BCUT2D eigenvalue weighted by atomic mass is 16.2. The van der Waals surface area contributed by atoms with E-state index in [0.717, 1.165) is 35.5 Å². The van der Waals surface area contributed by atoms with Gasteiger partial charge in [-0.2, -0.15) is 4.52 Å². The predicted octanol–water partition coefficient (Wildman–Crippen LogP) is 3.80. The third kappa shape index (κ3) is 4.52. The Hall–Kier alpha value is -4.60. The second-order valence-electron chi connectivity index (χ2n) is 8.05. The van der Waals surface area contributed by atoms with Crippen molar-refractivity contribution in [2.24, 2.45) is 0 Å². The van der Waals surface area contributed by atoms with Crippen LogP contribution < -0.4 is 10.2 Å². The number of para-hydroxylation sites is 2. The number of fused-ring (bicyclic) bond motifs is 3. The van der Waals surface area contributed by atoms with Crippen LogP contribution in [0.25, 0.3) is 16.7 Å². The number of nitrogens with one attached hydrogen (secondary N) is 1. The van der Waals surface area contributed by atoms with Gasteiger partial charge in [-0.25, -0.2) is 4.98 Å². The van der Waals surface area contributed by atoms with Gasteiger partial charge in [-0.1, -0.05) is 26.0 Å². The van der Waals surface area contributed by atoms with Gasteiger partial charge in [0.15, 0.2) is 5.82 Å². The van der Waals surface area contributed by atoms with Crippen molar-refractivity contribution in [2.75, 3.05) is 36.4 Å². The Kier molecular flexibility index (Phi) is 6.65. The smallest absolute Gasteiger partial charge is 0.253 e. The first-order valence-electron chi connectivity index (χ1n) is 12.0. The molecule has 1 fully saturated rings. The summed E-state index contributed by atoms with van der Waals surface area (Å²) in [5.41, 5.74) is 4.73. The molecule has 0 aliphatic carbocycles. The molecule has 182 valence electrons. The largest absolute Gasteiger partial charge is 0.368 e. The molecule has 6 rings (SSSR count). The van der Waals surface area contributed by atoms with Crippen LogP contribution in [-0.2, 0) is 0 Å². The molecule has 0 bridgehead atoms. The Labute approximate surface area is 208 Å². The summed E-state index contributed by atoms with van der Waals surface area (Å²) in [4.78, 5) is 26.0. The highest BCUT2D eigenvalue weighted by Gasteiger charge is 2.22. The average molecular weight is 482 g/mol. The van der Waals surface area contributed by atoms with Crippen LogP contribution in [0.15, 0.2) is 73.1 Å². The number of hydrogen-bond donors (Lipinski definition) is 1. The molecule has 1 amide bonds. The van der Waals surface area contributed by atoms with Crippen LogP contribution in [-0.4, -0.2) is 67.0 Å². The Morgan fingerprint density at radius 3 is 2.36 bits per heavy atom. The fourth-order valence-electron chi connectivity index (χ4n) is 4.23. The van der Waals surface area contributed by atoms with Crippen LogP contribution in [0.3, 0.4) is 0 Å². The van der Waals surface area contributed by atoms with Crippen LogP contribution in [0.1, 0.15) is 24.2 Å². The molecular formula is C26H27N9O. The Morgan fingerprint density at radius 2 is 1.61 bits per heavy atom. The summed E-state index contributed by atoms with van der Waals surface area (Å²) in [5, 5.41) is 15.3. The molecule has 0 spiro atoms. The molecule has 0 radical (unpaired) electrons. The molecule has 1 aliphatic heterocycles. The third-order valence-electron chi connectivity index (χ3n) is 6.01. The SMILES string of the molecule is CC.O=C(c1ccc(Nc2nc3ccccc3n3nnnc23)cc1)N1CCN(c2ccncc2)CC1. The maximum absolute atomic E-state index is 13.0. The lowest BCUT2D eigenvalue weighted by molar-refractivity contribution is 0.0747. The number of rotatable bonds is 4. The average Bonchev–Trinajstić information content (AvgIpc) is 3.46. The third-order valence-corrected chi connectivity index (χ3v) is 6.01. The van der Waals surface area contributed by atoms with Crippen molar-refractivity contribution in [1.82, 2.24) is 34.9 Å². The molecule has 1 saturated heterocycles. The molecule has 10 heteroatoms. The molecular weight excluding hydrogens is 454 g/mol. The number of benzene rings is 2. The van der Waals surface area contributed by atoms with E-state index in [0.29, 0.717) is 30.1 Å². The number of amides is 1. The van der Waals surface area contributed by atoms with Crippen molar-refractivity contribution >= 4 is 39.8 Å². The number of carbonyl (C=O) groups is 1. The second kappa shape index (κ2) is 10.3. The molecule has 0 saturated carbocycles. The summed E-state index contributed by atoms with van der Waals surface area (Å²) < 4.78 is 1.66. The molecule has 1 aliphatic rings. The fourth-order valence-corrected chi connectivity index (χ4v) is 4.23. The van der Waals surface area contributed by atoms with Crippen LogP contribution >= 0.6 is 0 Å². The van der Waals surface area contributed by atoms with Crippen molar-refractivity contribution in [2.45, 2.75) is 13.8 Å². The van der Waals surface area contributed by atoms with E-state index < -0.39 is 0 Å². The van der Waals surface area contributed by atoms with Crippen molar-refractivity contribution in [3.8, 4) is 0 Å². The van der Waals surface area contributed by atoms with E-state index in [4.69, 9.17) is 0 Å². The van der Waals surface area contributed by atoms with Crippen LogP contribution in [0.4, 0.5) is 17.2 Å². The van der Waals surface area contributed by atoms with Crippen molar-refractivity contribution in [3.05, 3.63) is 78.6 Å². The molecule has 3 aromatic heterocycles. The predicted molar refractivity (Wildman–Crippen MR) is 140 cm³/mol. The van der Waals surface area contributed by atoms with Crippen LogP contribution in [0, 0.1) is 0 Å². The highest BCUT2D eigenvalue weighted by molar-refractivity contribution is 5.95. The van der Waals surface area contributed by atoms with Gasteiger partial charge in [0.05, 0.1) is 11.0 Å². The molecule has 5 aromatic rings. The zero-order valence-corrected chi connectivity index (χ0v) is 20.2. The molecule has 2 aromatic carbocycles. The highest BCUT2D eigenvalue weighted by Crippen LogP contribution is 2.23. The van der Waals surface area contributed by atoms with E-state index in [1.807, 2.05) is 79.4 Å². The van der Waals surface area contributed by atoms with E-state index in [9.17, 15) is 4.79 Å². The van der Waals surface area contributed by atoms with Gasteiger partial charge >= 0.3 is 0 Å². The monoisotopic (exact) mass is 481 g/mol. The summed E-state index contributed by atoms with van der Waals surface area (Å²) in [6.07, 6.45) is 3.58. The van der Waals surface area contributed by atoms with Gasteiger partial charge in [0.25, 0.3) is 5.91 Å². The first kappa shape index (κ1) is 23.2. The lowest BCUT2D eigenvalue weighted by atomic mass is 10.1. The van der Waals surface area contributed by atoms with Crippen molar-refractivity contribution in [3.63, 3.8) is 0 Å². The zero-order chi connectivity index (χ0) is 24.9. The number of hydrogen-bond acceptors (Lipinski definition) is 8. The first-order chi connectivity index (χ1) is 17.8. The number of piperazine rings is 1. The minimum atomic E-state index is 0.0359. The van der Waals surface area contributed by atoms with E-state index in [1.54, 1.807) is 16.9 Å². The van der Waals surface area contributed by atoms with E-state index >= 15 is 0 Å². The Balaban J connectivity index is 0.00000130. The summed E-state index contributed by atoms with van der Waals surface area (Å²) in [6.45, 7) is 6.96. The van der Waals surface area contributed by atoms with Crippen LogP contribution in [0.2, 0.25) is 0 Å². The topological polar surface area (TPSA) is 104 Å². The van der Waals surface area contributed by atoms with E-state index in [2.05, 4.69) is 35.7 Å². The zero-order valence-electron chi connectivity index (χ0n) is 20.2. The normalized spacial score (nSPS) is 13.4. The lowest BCUT2D eigenvalue weighted by Crippen LogP contribution is -2.48. The Morgan fingerprint density at radius 1 is 0.889 bits per heavy atom. The number of anilines is 3. The maximum atomic E-state index is 13.0. The van der Waals surface area contributed by atoms with Gasteiger partial charge in [0.2, 0.25) is 5.65 Å². The van der Waals surface area contributed by atoms with Crippen LogP contribution in [0.5, 0.6) is 0 Å². The summed E-state index contributed by atoms with van der Waals surface area (Å²) in [5.74, 6) is 0.587. The second-order valence-corrected chi connectivity index (χ2v) is 8.05. The number of carbonyl (C=O) groups excluding carboxylic acids is 1. The van der Waals surface area contributed by atoms with Gasteiger partial charge in [-0.3, -0.25) is 9.78 Å². The molecule has 1 N–H and O–H groups in total. The molecule has 0 unspecified atom stereocenters. The van der Waals surface area contributed by atoms with Gasteiger partial charge in [-0.15, -0.1) is 5.10 Å². The van der Waals surface area contributed by atoms with Gasteiger partial charge in [-0.05, 0) is 59.0 Å². The van der Waals surface area contributed by atoms with E-state index in [1.165, 1.54) is 0 Å². The summed E-state index contributed by atoms with van der Waals surface area (Å²) >= 11 is 0. The van der Waals surface area contributed by atoms with Crippen molar-refractivity contribution < 1.29 is 4.79 Å². The number of tetrazole rings is 1. The molecule has 0 atom stereocenters. The lowest BCUT2D eigenvalue weighted by Gasteiger charge is -2.36. The number of pyridine rings is 1. The minimum Gasteiger partial charge on any atom is -0.368 e. The Bertz CT molecular complexity index is 1460. The van der Waals surface area contributed by atoms with Gasteiger partial charge in [0.1, 0.15) is 0 Å². The minimum absolute atomic E-state index is 0.0359. The summed E-state index contributed by atoms with van der Waals surface area (Å²) in [6, 6.07) is 19.1. The first-order valence-corrected chi connectivity index (χ1v) is 12.0. The van der Waals surface area contributed by atoms with Gasteiger partial charge in [0, 0.05) is 55.5 Å². The quantitative estimate of drug-likeness (QED) is 0.413. The number of nitrogens with zero attached hydrogens (tertiary/aromatic N) is 8. The molecule has 36 heavy (non-hydrogen) atoms.